The van der Waals surface area contributed by atoms with Gasteiger partial charge in [0, 0.05) is 38.3 Å². The molecule has 1 saturated heterocycles. The van der Waals surface area contributed by atoms with Gasteiger partial charge in [0.1, 0.15) is 5.82 Å². The number of hydrogen-bond donors (Lipinski definition) is 3. The third-order valence-electron chi connectivity index (χ3n) is 3.86. The van der Waals surface area contributed by atoms with Crippen LogP contribution in [-0.2, 0) is 4.79 Å². The summed E-state index contributed by atoms with van der Waals surface area (Å²) in [4.78, 5) is 25.5. The molecule has 6 nitrogen and oxygen atoms in total. The number of nitrogens with zero attached hydrogens (tertiary/aromatic N) is 1. The second kappa shape index (κ2) is 8.47. The molecule has 1 aromatic rings. The van der Waals surface area contributed by atoms with Crippen LogP contribution < -0.4 is 16.4 Å². The normalized spacial score (nSPS) is 17.7. The molecule has 1 unspecified atom stereocenters. The van der Waals surface area contributed by atoms with Crippen LogP contribution in [0.3, 0.4) is 0 Å². The van der Waals surface area contributed by atoms with Crippen molar-refractivity contribution in [3.05, 3.63) is 30.1 Å². The Labute approximate surface area is 135 Å². The molecule has 4 N–H and O–H groups in total. The summed E-state index contributed by atoms with van der Waals surface area (Å²) in [6, 6.07) is 5.36. The van der Waals surface area contributed by atoms with E-state index in [1.54, 1.807) is 6.07 Å². The van der Waals surface area contributed by atoms with E-state index in [-0.39, 0.29) is 17.9 Å². The third-order valence-corrected chi connectivity index (χ3v) is 3.86. The summed E-state index contributed by atoms with van der Waals surface area (Å²) in [5.74, 6) is -0.103. The minimum absolute atomic E-state index is 0.0708. The lowest BCUT2D eigenvalue weighted by atomic mass is 9.98. The van der Waals surface area contributed by atoms with Crippen LogP contribution in [0.25, 0.3) is 0 Å². The van der Waals surface area contributed by atoms with Gasteiger partial charge in [-0.25, -0.2) is 9.18 Å². The number of urea groups is 1. The molecule has 1 aromatic carbocycles. The predicted molar refractivity (Wildman–Crippen MR) is 86.4 cm³/mol. The zero-order valence-corrected chi connectivity index (χ0v) is 13.1. The molecule has 2 rings (SSSR count). The van der Waals surface area contributed by atoms with Gasteiger partial charge in [-0.2, -0.15) is 0 Å². The third kappa shape index (κ3) is 5.52. The molecule has 1 heterocycles. The van der Waals surface area contributed by atoms with Crippen LogP contribution in [0, 0.1) is 11.7 Å². The van der Waals surface area contributed by atoms with Crippen LogP contribution in [0.2, 0.25) is 0 Å². The summed E-state index contributed by atoms with van der Waals surface area (Å²) in [7, 11) is 0. The number of anilines is 1. The monoisotopic (exact) mass is 322 g/mol. The lowest BCUT2D eigenvalue weighted by molar-refractivity contribution is -0.132. The lowest BCUT2D eigenvalue weighted by Crippen LogP contribution is -2.44. The maximum atomic E-state index is 13.1. The number of benzene rings is 1. The molecule has 1 fully saturated rings. The molecule has 0 aliphatic carbocycles. The summed E-state index contributed by atoms with van der Waals surface area (Å²) in [6.07, 6.45) is 2.25. The van der Waals surface area contributed by atoms with Crippen molar-refractivity contribution in [1.82, 2.24) is 10.2 Å². The van der Waals surface area contributed by atoms with Crippen molar-refractivity contribution >= 4 is 17.6 Å². The van der Waals surface area contributed by atoms with E-state index in [0.717, 1.165) is 19.4 Å². The maximum absolute atomic E-state index is 13.1. The van der Waals surface area contributed by atoms with Crippen molar-refractivity contribution in [3.8, 4) is 0 Å². The van der Waals surface area contributed by atoms with Crippen molar-refractivity contribution in [1.29, 1.82) is 0 Å². The van der Waals surface area contributed by atoms with E-state index in [1.807, 2.05) is 4.90 Å². The predicted octanol–water partition coefficient (Wildman–Crippen LogP) is 1.53. The van der Waals surface area contributed by atoms with E-state index in [4.69, 9.17) is 5.73 Å². The van der Waals surface area contributed by atoms with Gasteiger partial charge in [0.05, 0.1) is 0 Å². The number of nitrogens with one attached hydrogen (secondary N) is 2. The molecule has 126 valence electrons. The smallest absolute Gasteiger partial charge is 0.319 e. The first-order valence-corrected chi connectivity index (χ1v) is 7.86. The Bertz CT molecular complexity index is 553. The van der Waals surface area contributed by atoms with Crippen molar-refractivity contribution < 1.29 is 14.0 Å². The van der Waals surface area contributed by atoms with Crippen molar-refractivity contribution in [3.63, 3.8) is 0 Å². The molecule has 0 aromatic heterocycles. The number of nitrogens with two attached hydrogens (primary N) is 1. The average Bonchev–Trinajstić information content (AvgIpc) is 2.53. The molecule has 7 heteroatoms. The van der Waals surface area contributed by atoms with Crippen molar-refractivity contribution in [2.75, 3.05) is 31.5 Å². The minimum Gasteiger partial charge on any atom is -0.342 e. The zero-order chi connectivity index (χ0) is 16.7. The molecule has 0 radical (unpaired) electrons. The molecular formula is C16H23FN4O2. The van der Waals surface area contributed by atoms with Crippen LogP contribution in [0.15, 0.2) is 24.3 Å². The lowest BCUT2D eigenvalue weighted by Gasteiger charge is -2.32. The van der Waals surface area contributed by atoms with Gasteiger partial charge < -0.3 is 21.3 Å². The topological polar surface area (TPSA) is 87.5 Å². The fraction of sp³-hybridized carbons (Fsp3) is 0.500. The van der Waals surface area contributed by atoms with Crippen LogP contribution >= 0.6 is 0 Å². The summed E-state index contributed by atoms with van der Waals surface area (Å²) in [6.45, 7) is 2.23. The van der Waals surface area contributed by atoms with Crippen LogP contribution in [0.5, 0.6) is 0 Å². The van der Waals surface area contributed by atoms with Crippen LogP contribution in [0.1, 0.15) is 19.3 Å². The van der Waals surface area contributed by atoms with E-state index in [1.165, 1.54) is 18.2 Å². The first-order valence-electron chi connectivity index (χ1n) is 7.86. The largest absolute Gasteiger partial charge is 0.342 e. The SMILES string of the molecule is NCCC(=O)N1CCCC(CNC(=O)Nc2cccc(F)c2)C1. The molecule has 3 amide bonds. The highest BCUT2D eigenvalue weighted by Gasteiger charge is 2.23. The number of halogens is 1. The Balaban J connectivity index is 1.76. The van der Waals surface area contributed by atoms with Crippen molar-refractivity contribution in [2.45, 2.75) is 19.3 Å². The molecule has 1 aliphatic heterocycles. The average molecular weight is 322 g/mol. The number of likely N-dealkylation sites (tertiary alicyclic amines) is 1. The highest BCUT2D eigenvalue weighted by atomic mass is 19.1. The number of hydrogen-bond acceptors (Lipinski definition) is 3. The second-order valence-corrected chi connectivity index (χ2v) is 5.73. The number of rotatable bonds is 5. The van der Waals surface area contributed by atoms with Gasteiger partial charge in [0.2, 0.25) is 5.91 Å². The molecule has 0 saturated carbocycles. The quantitative estimate of drug-likeness (QED) is 0.768. The molecule has 23 heavy (non-hydrogen) atoms. The number of carbonyl (C=O) groups excluding carboxylic acids is 2. The fourth-order valence-electron chi connectivity index (χ4n) is 2.72. The Morgan fingerprint density at radius 1 is 1.39 bits per heavy atom. The Hall–Kier alpha value is -2.15. The zero-order valence-electron chi connectivity index (χ0n) is 13.1. The maximum Gasteiger partial charge on any atom is 0.319 e. The second-order valence-electron chi connectivity index (χ2n) is 5.73. The minimum atomic E-state index is -0.399. The number of carbonyl (C=O) groups is 2. The van der Waals surface area contributed by atoms with E-state index in [0.29, 0.717) is 31.7 Å². The molecule has 0 bridgehead atoms. The van der Waals surface area contributed by atoms with E-state index in [9.17, 15) is 14.0 Å². The summed E-state index contributed by atoms with van der Waals surface area (Å²) in [5, 5.41) is 5.37. The first-order chi connectivity index (χ1) is 11.1. The highest BCUT2D eigenvalue weighted by molar-refractivity contribution is 5.89. The Morgan fingerprint density at radius 3 is 2.96 bits per heavy atom. The van der Waals surface area contributed by atoms with Crippen LogP contribution in [-0.4, -0.2) is 43.0 Å². The molecule has 1 aliphatic rings. The molecule has 0 spiro atoms. The van der Waals surface area contributed by atoms with Crippen molar-refractivity contribution in [2.24, 2.45) is 11.7 Å². The van der Waals surface area contributed by atoms with Gasteiger partial charge in [-0.1, -0.05) is 6.07 Å². The number of amides is 3. The van der Waals surface area contributed by atoms with Gasteiger partial charge in [-0.15, -0.1) is 0 Å². The highest BCUT2D eigenvalue weighted by Crippen LogP contribution is 2.16. The summed E-state index contributed by atoms with van der Waals surface area (Å²) >= 11 is 0. The van der Waals surface area contributed by atoms with Gasteiger partial charge in [0.25, 0.3) is 0 Å². The molecular weight excluding hydrogens is 299 g/mol. The van der Waals surface area contributed by atoms with E-state index >= 15 is 0 Å². The van der Waals surface area contributed by atoms with Gasteiger partial charge in [0.15, 0.2) is 0 Å². The van der Waals surface area contributed by atoms with Gasteiger partial charge in [-0.3, -0.25) is 4.79 Å². The Morgan fingerprint density at radius 2 is 2.22 bits per heavy atom. The first kappa shape index (κ1) is 17.2. The van der Waals surface area contributed by atoms with E-state index < -0.39 is 5.82 Å². The summed E-state index contributed by atoms with van der Waals surface area (Å²) in [5.41, 5.74) is 5.82. The number of piperidine rings is 1. The Kier molecular flexibility index (Phi) is 6.34. The fourth-order valence-corrected chi connectivity index (χ4v) is 2.72. The van der Waals surface area contributed by atoms with Gasteiger partial charge in [-0.05, 0) is 37.0 Å². The van der Waals surface area contributed by atoms with E-state index in [2.05, 4.69) is 10.6 Å². The van der Waals surface area contributed by atoms with Gasteiger partial charge >= 0.3 is 6.03 Å². The summed E-state index contributed by atoms with van der Waals surface area (Å²) < 4.78 is 13.1. The standard InChI is InChI=1S/C16H23FN4O2/c17-13-4-1-5-14(9-13)20-16(23)19-10-12-3-2-8-21(11-12)15(22)6-7-18/h1,4-5,9,12H,2-3,6-8,10-11,18H2,(H2,19,20,23). The van der Waals surface area contributed by atoms with Crippen LogP contribution in [0.4, 0.5) is 14.9 Å². The molecule has 1 atom stereocenters.